The summed E-state index contributed by atoms with van der Waals surface area (Å²) in [7, 11) is 5.66. The summed E-state index contributed by atoms with van der Waals surface area (Å²) in [6.45, 7) is 1.49. The molecule has 128 valence electrons. The third-order valence-corrected chi connectivity index (χ3v) is 3.46. The zero-order valence-electron chi connectivity index (χ0n) is 14.2. The molecule has 1 aromatic carbocycles. The molecule has 0 fully saturated rings. The minimum atomic E-state index is -0.246. The van der Waals surface area contributed by atoms with Gasteiger partial charge in [0.05, 0.1) is 0 Å². The van der Waals surface area contributed by atoms with Gasteiger partial charge >= 0.3 is 0 Å². The molecule has 0 bridgehead atoms. The van der Waals surface area contributed by atoms with Crippen molar-refractivity contribution in [1.82, 2.24) is 20.0 Å². The van der Waals surface area contributed by atoms with Gasteiger partial charge in [0.15, 0.2) is 5.69 Å². The van der Waals surface area contributed by atoms with Gasteiger partial charge in [-0.1, -0.05) is 18.2 Å². The van der Waals surface area contributed by atoms with Gasteiger partial charge in [-0.2, -0.15) is 5.10 Å². The first-order chi connectivity index (χ1) is 11.5. The van der Waals surface area contributed by atoms with Crippen LogP contribution in [-0.4, -0.2) is 53.7 Å². The Kier molecular flexibility index (Phi) is 6.08. The van der Waals surface area contributed by atoms with E-state index in [0.717, 1.165) is 13.0 Å². The number of benzene rings is 1. The van der Waals surface area contributed by atoms with Crippen LogP contribution in [0.1, 0.15) is 27.3 Å². The molecule has 1 aromatic heterocycles. The van der Waals surface area contributed by atoms with Gasteiger partial charge in [-0.25, -0.2) is 0 Å². The summed E-state index contributed by atoms with van der Waals surface area (Å²) in [4.78, 5) is 26.3. The number of anilines is 1. The molecule has 0 aliphatic heterocycles. The fourth-order valence-corrected chi connectivity index (χ4v) is 2.16. The van der Waals surface area contributed by atoms with Gasteiger partial charge in [0, 0.05) is 25.2 Å². The fourth-order valence-electron chi connectivity index (χ4n) is 2.16. The number of hydrogen-bond acceptors (Lipinski definition) is 4. The Balaban J connectivity index is 1.94. The number of carbonyl (C=O) groups excluding carboxylic acids is 2. The first kappa shape index (κ1) is 17.7. The quantitative estimate of drug-likeness (QED) is 0.752. The standard InChI is InChI=1S/C17H23N5O2/c1-21(2)11-7-10-18-17(24)14-12-15(22(3)20-14)19-16(23)13-8-5-4-6-9-13/h4-6,8-9,12H,7,10-11H2,1-3H3,(H,18,24)(H,19,23). The number of aryl methyl sites for hydroxylation is 1. The molecule has 2 rings (SSSR count). The zero-order valence-corrected chi connectivity index (χ0v) is 14.2. The molecule has 7 nitrogen and oxygen atoms in total. The summed E-state index contributed by atoms with van der Waals surface area (Å²) in [6, 6.07) is 10.5. The van der Waals surface area contributed by atoms with Gasteiger partial charge in [-0.05, 0) is 39.2 Å². The van der Waals surface area contributed by atoms with Crippen LogP contribution in [0.4, 0.5) is 5.82 Å². The van der Waals surface area contributed by atoms with E-state index in [1.807, 2.05) is 20.2 Å². The average Bonchev–Trinajstić information content (AvgIpc) is 2.93. The number of carbonyl (C=O) groups is 2. The maximum atomic E-state index is 12.2. The van der Waals surface area contributed by atoms with Crippen LogP contribution in [0.2, 0.25) is 0 Å². The van der Waals surface area contributed by atoms with Crippen molar-refractivity contribution < 1.29 is 9.59 Å². The predicted molar refractivity (Wildman–Crippen MR) is 93.1 cm³/mol. The van der Waals surface area contributed by atoms with E-state index in [1.54, 1.807) is 37.4 Å². The van der Waals surface area contributed by atoms with Crippen LogP contribution >= 0.6 is 0 Å². The molecule has 2 N–H and O–H groups in total. The van der Waals surface area contributed by atoms with E-state index in [0.29, 0.717) is 17.9 Å². The molecule has 2 aromatic rings. The molecule has 0 unspecified atom stereocenters. The molecule has 2 amide bonds. The third-order valence-electron chi connectivity index (χ3n) is 3.46. The smallest absolute Gasteiger partial charge is 0.271 e. The first-order valence-corrected chi connectivity index (χ1v) is 7.80. The van der Waals surface area contributed by atoms with E-state index < -0.39 is 0 Å². The molecule has 0 spiro atoms. The van der Waals surface area contributed by atoms with Crippen molar-refractivity contribution in [3.8, 4) is 0 Å². The lowest BCUT2D eigenvalue weighted by molar-refractivity contribution is 0.0945. The summed E-state index contributed by atoms with van der Waals surface area (Å²) in [5.41, 5.74) is 0.833. The van der Waals surface area contributed by atoms with Crippen LogP contribution in [0.15, 0.2) is 36.4 Å². The second-order valence-corrected chi connectivity index (χ2v) is 5.77. The highest BCUT2D eigenvalue weighted by Gasteiger charge is 2.14. The molecule has 0 saturated carbocycles. The Morgan fingerprint density at radius 1 is 1.17 bits per heavy atom. The normalized spacial score (nSPS) is 10.7. The average molecular weight is 329 g/mol. The zero-order chi connectivity index (χ0) is 17.5. The number of nitrogens with zero attached hydrogens (tertiary/aromatic N) is 3. The van der Waals surface area contributed by atoms with Gasteiger partial charge in [-0.3, -0.25) is 14.3 Å². The predicted octanol–water partition coefficient (Wildman–Crippen LogP) is 1.35. The number of nitrogens with one attached hydrogen (secondary N) is 2. The Hall–Kier alpha value is -2.67. The number of rotatable bonds is 7. The topological polar surface area (TPSA) is 79.3 Å². The van der Waals surface area contributed by atoms with Crippen molar-refractivity contribution in [2.45, 2.75) is 6.42 Å². The highest BCUT2D eigenvalue weighted by Crippen LogP contribution is 2.11. The molecule has 0 atom stereocenters. The maximum absolute atomic E-state index is 12.2. The number of amides is 2. The molecular weight excluding hydrogens is 306 g/mol. The van der Waals surface area contributed by atoms with Crippen LogP contribution in [0.5, 0.6) is 0 Å². The minimum Gasteiger partial charge on any atom is -0.351 e. The molecule has 0 aliphatic rings. The van der Waals surface area contributed by atoms with Crippen molar-refractivity contribution >= 4 is 17.6 Å². The summed E-state index contributed by atoms with van der Waals surface area (Å²) in [6.07, 6.45) is 0.864. The third kappa shape index (κ3) is 4.92. The SMILES string of the molecule is CN(C)CCCNC(=O)c1cc(NC(=O)c2ccccc2)n(C)n1. The van der Waals surface area contributed by atoms with E-state index in [-0.39, 0.29) is 17.5 Å². The Morgan fingerprint density at radius 2 is 1.88 bits per heavy atom. The second-order valence-electron chi connectivity index (χ2n) is 5.77. The van der Waals surface area contributed by atoms with Crippen LogP contribution in [0, 0.1) is 0 Å². The lowest BCUT2D eigenvalue weighted by Crippen LogP contribution is -2.27. The molecule has 0 aliphatic carbocycles. The van der Waals surface area contributed by atoms with Gasteiger partial charge < -0.3 is 15.5 Å². The Bertz CT molecular complexity index is 694. The van der Waals surface area contributed by atoms with Gasteiger partial charge in [0.25, 0.3) is 11.8 Å². The number of aromatic nitrogens is 2. The van der Waals surface area contributed by atoms with Crippen LogP contribution in [-0.2, 0) is 7.05 Å². The number of hydrogen-bond donors (Lipinski definition) is 2. The van der Waals surface area contributed by atoms with Crippen LogP contribution in [0.3, 0.4) is 0 Å². The molecule has 0 saturated heterocycles. The molecule has 1 heterocycles. The van der Waals surface area contributed by atoms with Crippen molar-refractivity contribution in [1.29, 1.82) is 0 Å². The monoisotopic (exact) mass is 329 g/mol. The van der Waals surface area contributed by atoms with Gasteiger partial charge in [-0.15, -0.1) is 0 Å². The minimum absolute atomic E-state index is 0.239. The van der Waals surface area contributed by atoms with Gasteiger partial charge in [0.1, 0.15) is 5.82 Å². The van der Waals surface area contributed by atoms with E-state index in [1.165, 1.54) is 4.68 Å². The highest BCUT2D eigenvalue weighted by atomic mass is 16.2. The molecule has 7 heteroatoms. The molecular formula is C17H23N5O2. The van der Waals surface area contributed by atoms with E-state index in [4.69, 9.17) is 0 Å². The van der Waals surface area contributed by atoms with Crippen molar-refractivity contribution in [3.63, 3.8) is 0 Å². The summed E-state index contributed by atoms with van der Waals surface area (Å²) in [5, 5.41) is 9.74. The fraction of sp³-hybridized carbons (Fsp3) is 0.353. The van der Waals surface area contributed by atoms with Crippen LogP contribution < -0.4 is 10.6 Å². The van der Waals surface area contributed by atoms with Crippen LogP contribution in [0.25, 0.3) is 0 Å². The molecule has 24 heavy (non-hydrogen) atoms. The lowest BCUT2D eigenvalue weighted by Gasteiger charge is -2.09. The Morgan fingerprint density at radius 3 is 2.54 bits per heavy atom. The maximum Gasteiger partial charge on any atom is 0.271 e. The van der Waals surface area contributed by atoms with Crippen molar-refractivity contribution in [2.75, 3.05) is 32.5 Å². The summed E-state index contributed by atoms with van der Waals surface area (Å²) < 4.78 is 1.48. The van der Waals surface area contributed by atoms with E-state index >= 15 is 0 Å². The van der Waals surface area contributed by atoms with E-state index in [2.05, 4.69) is 20.6 Å². The molecule has 0 radical (unpaired) electrons. The largest absolute Gasteiger partial charge is 0.351 e. The second kappa shape index (κ2) is 8.26. The van der Waals surface area contributed by atoms with Gasteiger partial charge in [0.2, 0.25) is 0 Å². The van der Waals surface area contributed by atoms with E-state index in [9.17, 15) is 9.59 Å². The lowest BCUT2D eigenvalue weighted by atomic mass is 10.2. The van der Waals surface area contributed by atoms with Crippen molar-refractivity contribution in [3.05, 3.63) is 47.7 Å². The summed E-state index contributed by atoms with van der Waals surface area (Å²) >= 11 is 0. The highest BCUT2D eigenvalue weighted by molar-refractivity contribution is 6.04. The Labute approximate surface area is 141 Å². The first-order valence-electron chi connectivity index (χ1n) is 7.80. The van der Waals surface area contributed by atoms with Crippen molar-refractivity contribution in [2.24, 2.45) is 7.05 Å². The summed E-state index contributed by atoms with van der Waals surface area (Å²) in [5.74, 6) is -0.0107.